The van der Waals surface area contributed by atoms with Gasteiger partial charge in [-0.15, -0.1) is 0 Å². The third-order valence-electron chi connectivity index (χ3n) is 5.40. The monoisotopic (exact) mass is 388 g/mol. The van der Waals surface area contributed by atoms with Crippen LogP contribution in [0.2, 0.25) is 0 Å². The molecule has 0 N–H and O–H groups in total. The van der Waals surface area contributed by atoms with Gasteiger partial charge in [0.1, 0.15) is 5.65 Å². The summed E-state index contributed by atoms with van der Waals surface area (Å²) in [5, 5.41) is 4.14. The Morgan fingerprint density at radius 2 is 1.66 bits per heavy atom. The minimum absolute atomic E-state index is 0.658. The summed E-state index contributed by atoms with van der Waals surface area (Å²) in [6, 6.07) is 14.3. The molecule has 7 nitrogen and oxygen atoms in total. The van der Waals surface area contributed by atoms with Crippen LogP contribution < -0.4 is 0 Å². The van der Waals surface area contributed by atoms with Gasteiger partial charge in [-0.2, -0.15) is 4.98 Å². The van der Waals surface area contributed by atoms with Gasteiger partial charge in [0.2, 0.25) is 11.7 Å². The fourth-order valence-corrected chi connectivity index (χ4v) is 3.73. The van der Waals surface area contributed by atoms with Crippen LogP contribution in [0.5, 0.6) is 0 Å². The molecule has 0 bridgehead atoms. The summed E-state index contributed by atoms with van der Waals surface area (Å²) in [4.78, 5) is 14.1. The zero-order chi connectivity index (χ0) is 19.6. The van der Waals surface area contributed by atoms with Gasteiger partial charge >= 0.3 is 0 Å². The molecule has 29 heavy (non-hydrogen) atoms. The van der Waals surface area contributed by atoms with Crippen molar-refractivity contribution in [2.24, 2.45) is 0 Å². The molecule has 1 aromatic carbocycles. The maximum atomic E-state index is 5.48. The normalized spacial score (nSPS) is 15.9. The average Bonchev–Trinajstić information content (AvgIpc) is 3.36. The van der Waals surface area contributed by atoms with Crippen LogP contribution in [0.3, 0.4) is 0 Å². The van der Waals surface area contributed by atoms with Crippen LogP contribution in [-0.4, -0.2) is 55.5 Å². The Kier molecular flexibility index (Phi) is 4.83. The largest absolute Gasteiger partial charge is 0.338 e. The van der Waals surface area contributed by atoms with Crippen molar-refractivity contribution in [2.75, 3.05) is 26.2 Å². The second kappa shape index (κ2) is 7.77. The summed E-state index contributed by atoms with van der Waals surface area (Å²) in [6.45, 7) is 7.62. The van der Waals surface area contributed by atoms with Crippen LogP contribution in [0.15, 0.2) is 59.4 Å². The Bertz CT molecular complexity index is 1060. The number of pyridine rings is 1. The highest BCUT2D eigenvalue weighted by Crippen LogP contribution is 2.17. The zero-order valence-electron chi connectivity index (χ0n) is 16.5. The number of nitrogens with zero attached hydrogens (tertiary/aromatic N) is 6. The van der Waals surface area contributed by atoms with E-state index >= 15 is 0 Å². The van der Waals surface area contributed by atoms with Gasteiger partial charge < -0.3 is 8.92 Å². The van der Waals surface area contributed by atoms with Crippen LogP contribution in [0, 0.1) is 6.92 Å². The van der Waals surface area contributed by atoms with Crippen LogP contribution in [-0.2, 0) is 13.1 Å². The zero-order valence-corrected chi connectivity index (χ0v) is 16.5. The van der Waals surface area contributed by atoms with Gasteiger partial charge in [0, 0.05) is 50.7 Å². The van der Waals surface area contributed by atoms with E-state index in [0.717, 1.165) is 49.6 Å². The van der Waals surface area contributed by atoms with Crippen molar-refractivity contribution in [1.29, 1.82) is 0 Å². The van der Waals surface area contributed by atoms with E-state index in [9.17, 15) is 0 Å². The van der Waals surface area contributed by atoms with Crippen molar-refractivity contribution in [3.63, 3.8) is 0 Å². The predicted octanol–water partition coefficient (Wildman–Crippen LogP) is 3.01. The summed E-state index contributed by atoms with van der Waals surface area (Å²) >= 11 is 0. The first-order chi connectivity index (χ1) is 14.2. The highest BCUT2D eigenvalue weighted by molar-refractivity contribution is 5.54. The first-order valence-electron chi connectivity index (χ1n) is 10.00. The topological polar surface area (TPSA) is 62.7 Å². The third kappa shape index (κ3) is 4.06. The maximum absolute atomic E-state index is 5.48. The lowest BCUT2D eigenvalue weighted by Gasteiger charge is -2.33. The lowest BCUT2D eigenvalue weighted by atomic mass is 10.1. The Balaban J connectivity index is 1.15. The first-order valence-corrected chi connectivity index (χ1v) is 10.00. The van der Waals surface area contributed by atoms with Gasteiger partial charge in [0.25, 0.3) is 0 Å². The van der Waals surface area contributed by atoms with Gasteiger partial charge in [-0.05, 0) is 19.1 Å². The van der Waals surface area contributed by atoms with Crippen molar-refractivity contribution in [1.82, 2.24) is 29.3 Å². The number of hydrogen-bond donors (Lipinski definition) is 0. The number of piperazine rings is 1. The standard InChI is InChI=1S/C22H24N6O/c1-17-5-7-18(8-6-17)22-24-21(29-25-22)16-27-12-10-26(11-13-27)14-19-15-28-9-3-2-4-20(28)23-19/h2-9,15H,10-14,16H2,1H3. The molecule has 4 heterocycles. The summed E-state index contributed by atoms with van der Waals surface area (Å²) in [5.74, 6) is 1.33. The molecule has 1 aliphatic rings. The number of aryl methyl sites for hydroxylation is 1. The van der Waals surface area contributed by atoms with Crippen molar-refractivity contribution >= 4 is 5.65 Å². The van der Waals surface area contributed by atoms with Gasteiger partial charge in [0.05, 0.1) is 12.2 Å². The van der Waals surface area contributed by atoms with Gasteiger partial charge in [0.15, 0.2) is 0 Å². The fourth-order valence-electron chi connectivity index (χ4n) is 3.73. The van der Waals surface area contributed by atoms with Crippen molar-refractivity contribution in [2.45, 2.75) is 20.0 Å². The summed E-state index contributed by atoms with van der Waals surface area (Å²) in [6.07, 6.45) is 4.16. The third-order valence-corrected chi connectivity index (χ3v) is 5.40. The lowest BCUT2D eigenvalue weighted by Crippen LogP contribution is -2.45. The number of fused-ring (bicyclic) bond motifs is 1. The van der Waals surface area contributed by atoms with Crippen LogP contribution in [0.25, 0.3) is 17.0 Å². The van der Waals surface area contributed by atoms with E-state index in [2.05, 4.69) is 49.6 Å². The number of hydrogen-bond acceptors (Lipinski definition) is 6. The van der Waals surface area contributed by atoms with Gasteiger partial charge in [-0.1, -0.05) is 41.1 Å². The molecule has 7 heteroatoms. The molecule has 1 saturated heterocycles. The van der Waals surface area contributed by atoms with E-state index in [0.29, 0.717) is 18.3 Å². The molecule has 5 rings (SSSR count). The predicted molar refractivity (Wildman–Crippen MR) is 110 cm³/mol. The van der Waals surface area contributed by atoms with E-state index in [1.54, 1.807) is 0 Å². The highest BCUT2D eigenvalue weighted by Gasteiger charge is 2.20. The summed E-state index contributed by atoms with van der Waals surface area (Å²) in [7, 11) is 0. The number of imidazole rings is 1. The molecule has 0 spiro atoms. The van der Waals surface area contributed by atoms with Crippen molar-refractivity contribution in [3.05, 3.63) is 72.0 Å². The molecule has 3 aromatic heterocycles. The van der Waals surface area contributed by atoms with Gasteiger partial charge in [-0.25, -0.2) is 4.98 Å². The van der Waals surface area contributed by atoms with Crippen LogP contribution in [0.1, 0.15) is 17.1 Å². The molecule has 1 fully saturated rings. The molecule has 0 radical (unpaired) electrons. The second-order valence-electron chi connectivity index (χ2n) is 7.63. The smallest absolute Gasteiger partial charge is 0.241 e. The SMILES string of the molecule is Cc1ccc(-c2noc(CN3CCN(Cc4cn5ccccc5n4)CC3)n2)cc1. The molecular weight excluding hydrogens is 364 g/mol. The highest BCUT2D eigenvalue weighted by atomic mass is 16.5. The summed E-state index contributed by atoms with van der Waals surface area (Å²) in [5.41, 5.74) is 4.33. The molecule has 1 aliphatic heterocycles. The Morgan fingerprint density at radius 1 is 0.897 bits per heavy atom. The molecule has 0 saturated carbocycles. The fraction of sp³-hybridized carbons (Fsp3) is 0.318. The van der Waals surface area contributed by atoms with Gasteiger partial charge in [-0.3, -0.25) is 9.80 Å². The van der Waals surface area contributed by atoms with E-state index < -0.39 is 0 Å². The number of benzene rings is 1. The van der Waals surface area contributed by atoms with E-state index in [4.69, 9.17) is 9.51 Å². The first kappa shape index (κ1) is 18.0. The molecule has 0 amide bonds. The lowest BCUT2D eigenvalue weighted by molar-refractivity contribution is 0.111. The quantitative estimate of drug-likeness (QED) is 0.524. The number of rotatable bonds is 5. The van der Waals surface area contributed by atoms with Crippen LogP contribution in [0.4, 0.5) is 0 Å². The Morgan fingerprint density at radius 3 is 2.41 bits per heavy atom. The minimum Gasteiger partial charge on any atom is -0.338 e. The molecule has 148 valence electrons. The van der Waals surface area contributed by atoms with Crippen molar-refractivity contribution in [3.8, 4) is 11.4 Å². The minimum atomic E-state index is 0.658. The summed E-state index contributed by atoms with van der Waals surface area (Å²) < 4.78 is 7.56. The van der Waals surface area contributed by atoms with E-state index in [-0.39, 0.29) is 0 Å². The van der Waals surface area contributed by atoms with E-state index in [1.807, 2.05) is 36.5 Å². The molecular formula is C22H24N6O. The molecule has 0 unspecified atom stereocenters. The molecule has 0 aliphatic carbocycles. The molecule has 4 aromatic rings. The van der Waals surface area contributed by atoms with Crippen molar-refractivity contribution < 1.29 is 4.52 Å². The van der Waals surface area contributed by atoms with E-state index in [1.165, 1.54) is 5.56 Å². The van der Waals surface area contributed by atoms with Crippen LogP contribution >= 0.6 is 0 Å². The average molecular weight is 388 g/mol. The maximum Gasteiger partial charge on any atom is 0.241 e. The molecule has 0 atom stereocenters. The Hall–Kier alpha value is -3.03. The Labute approximate surface area is 169 Å². The number of aromatic nitrogens is 4. The second-order valence-corrected chi connectivity index (χ2v) is 7.63.